The fourth-order valence-corrected chi connectivity index (χ4v) is 4.72. The number of carbonyl (C=O) groups is 4. The molecule has 2 aromatic carbocycles. The predicted octanol–water partition coefficient (Wildman–Crippen LogP) is 1.79. The second kappa shape index (κ2) is 14.7. The topological polar surface area (TPSA) is 200 Å². The highest BCUT2D eigenvalue weighted by molar-refractivity contribution is 6.08. The Bertz CT molecular complexity index is 1250. The molecule has 2 heterocycles. The van der Waals surface area contributed by atoms with Gasteiger partial charge in [0.2, 0.25) is 18.6 Å². The minimum atomic E-state index is -1.18. The third-order valence-electron chi connectivity index (χ3n) is 6.84. The molecule has 3 amide bonds. The zero-order valence-corrected chi connectivity index (χ0v) is 22.3. The predicted molar refractivity (Wildman–Crippen MR) is 146 cm³/mol. The largest absolute Gasteiger partial charge is 0.434 e. The number of cyclic esters (lactones) is 1. The number of nitrogens with zero attached hydrogens (tertiary/aromatic N) is 3. The maximum absolute atomic E-state index is 13.3. The summed E-state index contributed by atoms with van der Waals surface area (Å²) in [5.74, 6) is 4.07. The van der Waals surface area contributed by atoms with Crippen LogP contribution < -0.4 is 16.5 Å². The van der Waals surface area contributed by atoms with Gasteiger partial charge in [0.1, 0.15) is 17.9 Å². The zero-order chi connectivity index (χ0) is 29.1. The summed E-state index contributed by atoms with van der Waals surface area (Å²) in [6.07, 6.45) is 2.74. The van der Waals surface area contributed by atoms with Gasteiger partial charge in [0.05, 0.1) is 6.42 Å². The standard InChI is InChI=1S/C22H28N6O2.C5H7NO4/c1-15-7-4-5-14-28(15)22(30)19(12-13-20(23)26-27-24)25-21(29)18-11-6-9-16-8-2-3-10-17(16)18;7-2-6-3-1-4(8)10-5(3)9/h2-3,6,8-11,15,19H,4-5,7,12-14H2,1H3,(H,25,29)(H3,23,24,26);2-3,5,9H,1H2,(H,6,7). The molecule has 0 radical (unpaired) electrons. The van der Waals surface area contributed by atoms with Crippen LogP contribution in [0.4, 0.5) is 0 Å². The summed E-state index contributed by atoms with van der Waals surface area (Å²) in [5, 5.41) is 30.2. The normalized spacial score (nSPS) is 21.2. The highest BCUT2D eigenvalue weighted by Crippen LogP contribution is 2.21. The SMILES string of the molecule is CC1CCCCN1C(=O)C(CCC(=N)N=NN)NC(=O)c1cccc2ccccc12.O=CNC1CC(=O)OC1O. The number of fused-ring (bicyclic) bond motifs is 1. The number of rotatable bonds is 8. The molecule has 214 valence electrons. The van der Waals surface area contributed by atoms with E-state index >= 15 is 0 Å². The zero-order valence-electron chi connectivity index (χ0n) is 22.3. The van der Waals surface area contributed by atoms with Crippen molar-refractivity contribution in [3.63, 3.8) is 0 Å². The molecule has 6 N–H and O–H groups in total. The highest BCUT2D eigenvalue weighted by atomic mass is 16.6. The van der Waals surface area contributed by atoms with Crippen LogP contribution in [0.5, 0.6) is 0 Å². The van der Waals surface area contributed by atoms with E-state index in [1.165, 1.54) is 0 Å². The van der Waals surface area contributed by atoms with E-state index in [0.29, 0.717) is 18.5 Å². The van der Waals surface area contributed by atoms with Gasteiger partial charge in [-0.2, -0.15) is 0 Å². The third kappa shape index (κ3) is 8.06. The van der Waals surface area contributed by atoms with E-state index in [2.05, 4.69) is 25.7 Å². The lowest BCUT2D eigenvalue weighted by Crippen LogP contribution is -2.52. The monoisotopic (exact) mass is 553 g/mol. The summed E-state index contributed by atoms with van der Waals surface area (Å²) in [5.41, 5.74) is 0.523. The van der Waals surface area contributed by atoms with Crippen molar-refractivity contribution in [2.75, 3.05) is 6.54 Å². The van der Waals surface area contributed by atoms with Crippen molar-refractivity contribution in [2.45, 2.75) is 69.9 Å². The Morgan fingerprint density at radius 3 is 2.67 bits per heavy atom. The van der Waals surface area contributed by atoms with E-state index in [4.69, 9.17) is 16.4 Å². The molecule has 13 heteroatoms. The molecule has 2 aromatic rings. The highest BCUT2D eigenvalue weighted by Gasteiger charge is 2.33. The summed E-state index contributed by atoms with van der Waals surface area (Å²) in [7, 11) is 0. The maximum Gasteiger partial charge on any atom is 0.310 e. The van der Waals surface area contributed by atoms with Gasteiger partial charge in [0.15, 0.2) is 0 Å². The third-order valence-corrected chi connectivity index (χ3v) is 6.84. The average Bonchev–Trinajstić information content (AvgIpc) is 3.27. The number of esters is 1. The van der Waals surface area contributed by atoms with Crippen LogP contribution in [-0.2, 0) is 19.1 Å². The fourth-order valence-electron chi connectivity index (χ4n) is 4.72. The van der Waals surface area contributed by atoms with Crippen LogP contribution in [0.1, 0.15) is 55.8 Å². The van der Waals surface area contributed by atoms with Crippen molar-refractivity contribution in [3.05, 3.63) is 48.0 Å². The summed E-state index contributed by atoms with van der Waals surface area (Å²) >= 11 is 0. The Hall–Kier alpha value is -4.39. The number of aliphatic hydroxyl groups excluding tert-OH is 1. The Morgan fingerprint density at radius 2 is 2.00 bits per heavy atom. The van der Waals surface area contributed by atoms with Crippen LogP contribution >= 0.6 is 0 Å². The Kier molecular flexibility index (Phi) is 11.1. The number of likely N-dealkylation sites (tertiary alicyclic amines) is 1. The summed E-state index contributed by atoms with van der Waals surface area (Å²) in [6, 6.07) is 12.0. The Labute approximate surface area is 231 Å². The van der Waals surface area contributed by atoms with Gasteiger partial charge < -0.3 is 31.2 Å². The first-order chi connectivity index (χ1) is 19.2. The molecule has 2 fully saturated rings. The van der Waals surface area contributed by atoms with Crippen molar-refractivity contribution in [1.29, 1.82) is 5.41 Å². The van der Waals surface area contributed by atoms with Gasteiger partial charge in [-0.25, -0.2) is 0 Å². The number of hydrogen-bond acceptors (Lipinski definition) is 8. The lowest BCUT2D eigenvalue weighted by molar-refractivity contribution is -0.155. The number of nitrogens with one attached hydrogen (secondary N) is 3. The number of benzene rings is 2. The molecule has 4 atom stereocenters. The number of amides is 3. The van der Waals surface area contributed by atoms with Crippen LogP contribution in [0, 0.1) is 5.41 Å². The minimum absolute atomic E-state index is 0.0265. The van der Waals surface area contributed by atoms with Crippen molar-refractivity contribution >= 4 is 40.8 Å². The number of piperidine rings is 1. The van der Waals surface area contributed by atoms with E-state index in [-0.39, 0.29) is 43.0 Å². The molecule has 2 saturated heterocycles. The number of amidine groups is 1. The Morgan fingerprint density at radius 1 is 1.25 bits per heavy atom. The van der Waals surface area contributed by atoms with Gasteiger partial charge in [0, 0.05) is 24.6 Å². The quantitative estimate of drug-likeness (QED) is 0.0624. The van der Waals surface area contributed by atoms with E-state index < -0.39 is 24.3 Å². The van der Waals surface area contributed by atoms with Crippen LogP contribution in [0.2, 0.25) is 0 Å². The Balaban J connectivity index is 0.000000371. The maximum atomic E-state index is 13.3. The number of hydrogen-bond donors (Lipinski definition) is 5. The first-order valence-corrected chi connectivity index (χ1v) is 13.1. The van der Waals surface area contributed by atoms with Crippen LogP contribution in [0.25, 0.3) is 10.8 Å². The van der Waals surface area contributed by atoms with Crippen LogP contribution in [0.3, 0.4) is 0 Å². The molecule has 13 nitrogen and oxygen atoms in total. The smallest absolute Gasteiger partial charge is 0.310 e. The van der Waals surface area contributed by atoms with E-state index in [9.17, 15) is 19.2 Å². The number of carbonyl (C=O) groups excluding carboxylic acids is 4. The first-order valence-electron chi connectivity index (χ1n) is 13.1. The van der Waals surface area contributed by atoms with E-state index in [1.54, 1.807) is 6.07 Å². The lowest BCUT2D eigenvalue weighted by atomic mass is 10.00. The van der Waals surface area contributed by atoms with Gasteiger partial charge in [-0.3, -0.25) is 24.6 Å². The number of ether oxygens (including phenoxy) is 1. The van der Waals surface area contributed by atoms with E-state index in [1.807, 2.05) is 48.2 Å². The number of nitrogens with two attached hydrogens (primary N) is 1. The van der Waals surface area contributed by atoms with Gasteiger partial charge in [-0.05, 0) is 49.4 Å². The van der Waals surface area contributed by atoms with Gasteiger partial charge in [-0.15, -0.1) is 5.11 Å². The molecular formula is C27H35N7O6. The van der Waals surface area contributed by atoms with Crippen molar-refractivity contribution < 1.29 is 29.0 Å². The second-order valence-corrected chi connectivity index (χ2v) is 9.61. The number of aliphatic hydroxyl groups is 1. The van der Waals surface area contributed by atoms with Crippen molar-refractivity contribution in [1.82, 2.24) is 15.5 Å². The molecule has 4 unspecified atom stereocenters. The van der Waals surface area contributed by atoms with Gasteiger partial charge in [-0.1, -0.05) is 41.6 Å². The van der Waals surface area contributed by atoms with Crippen molar-refractivity contribution in [2.24, 2.45) is 16.2 Å². The lowest BCUT2D eigenvalue weighted by Gasteiger charge is -2.36. The van der Waals surface area contributed by atoms with Gasteiger partial charge >= 0.3 is 5.97 Å². The second-order valence-electron chi connectivity index (χ2n) is 9.61. The van der Waals surface area contributed by atoms with Crippen molar-refractivity contribution in [3.8, 4) is 0 Å². The molecule has 0 aromatic heterocycles. The molecule has 0 saturated carbocycles. The average molecular weight is 554 g/mol. The summed E-state index contributed by atoms with van der Waals surface area (Å²) < 4.78 is 4.32. The minimum Gasteiger partial charge on any atom is -0.434 e. The molecule has 0 aliphatic carbocycles. The molecule has 0 bridgehead atoms. The molecular weight excluding hydrogens is 518 g/mol. The van der Waals surface area contributed by atoms with Crippen LogP contribution in [-0.4, -0.2) is 71.0 Å². The molecule has 40 heavy (non-hydrogen) atoms. The van der Waals surface area contributed by atoms with Gasteiger partial charge in [0.25, 0.3) is 5.91 Å². The summed E-state index contributed by atoms with van der Waals surface area (Å²) in [6.45, 7) is 2.71. The van der Waals surface area contributed by atoms with E-state index in [0.717, 1.165) is 30.0 Å². The molecule has 0 spiro atoms. The summed E-state index contributed by atoms with van der Waals surface area (Å²) in [4.78, 5) is 48.4. The fraction of sp³-hybridized carbons (Fsp3) is 0.444. The molecule has 2 aliphatic heterocycles. The van der Waals surface area contributed by atoms with Crippen LogP contribution in [0.15, 0.2) is 52.8 Å². The molecule has 4 rings (SSSR count). The first kappa shape index (κ1) is 30.2. The molecule has 2 aliphatic rings.